The maximum atomic E-state index is 11.3. The van der Waals surface area contributed by atoms with E-state index < -0.39 is 0 Å². The Kier molecular flexibility index (Phi) is 2.54. The number of carbonyl (C=O) groups excluding carboxylic acids is 1. The van der Waals surface area contributed by atoms with Crippen molar-refractivity contribution in [3.8, 4) is 0 Å². The lowest BCUT2D eigenvalue weighted by Gasteiger charge is -2.53. The number of hydrogen-bond acceptors (Lipinski definition) is 3. The first-order valence-electron chi connectivity index (χ1n) is 5.61. The van der Waals surface area contributed by atoms with Crippen LogP contribution in [0.2, 0.25) is 0 Å². The summed E-state index contributed by atoms with van der Waals surface area (Å²) >= 11 is 0. The van der Waals surface area contributed by atoms with Crippen LogP contribution in [0.4, 0.5) is 0 Å². The van der Waals surface area contributed by atoms with Crippen LogP contribution in [0.25, 0.3) is 0 Å². The summed E-state index contributed by atoms with van der Waals surface area (Å²) in [6, 6.07) is 0. The second kappa shape index (κ2) is 3.59. The van der Waals surface area contributed by atoms with Gasteiger partial charge in [0.2, 0.25) is 5.91 Å². The van der Waals surface area contributed by atoms with E-state index in [9.17, 15) is 4.79 Å². The fraction of sp³-hybridized carbons (Fsp3) is 0.818. The van der Waals surface area contributed by atoms with Crippen molar-refractivity contribution in [1.82, 2.24) is 10.2 Å². The normalized spacial score (nSPS) is 38.8. The summed E-state index contributed by atoms with van der Waals surface area (Å²) in [7, 11) is 0. The van der Waals surface area contributed by atoms with Gasteiger partial charge >= 0.3 is 0 Å². The van der Waals surface area contributed by atoms with Crippen LogP contribution >= 0.6 is 0 Å². The maximum Gasteiger partial charge on any atom is 0.217 e. The van der Waals surface area contributed by atoms with E-state index in [1.54, 1.807) is 6.92 Å². The molecule has 15 heavy (non-hydrogen) atoms. The van der Waals surface area contributed by atoms with Gasteiger partial charge in [0, 0.05) is 19.2 Å². The number of piperidine rings is 3. The van der Waals surface area contributed by atoms with Gasteiger partial charge in [-0.05, 0) is 38.8 Å². The maximum absolute atomic E-state index is 11.3. The number of nitrogens with one attached hydrogen (secondary N) is 2. The molecule has 2 bridgehead atoms. The SMILES string of the molecule is CC(=N)C1(NC(C)=O)CN2CCC1CC2. The monoisotopic (exact) mass is 209 g/mol. The van der Waals surface area contributed by atoms with Gasteiger partial charge in [0.15, 0.2) is 0 Å². The molecule has 3 aliphatic rings. The predicted octanol–water partition coefficient (Wildman–Crippen LogP) is 0.627. The number of nitrogens with zero attached hydrogens (tertiary/aromatic N) is 1. The van der Waals surface area contributed by atoms with E-state index in [1.165, 1.54) is 0 Å². The molecule has 3 saturated heterocycles. The van der Waals surface area contributed by atoms with Crippen LogP contribution in [0.1, 0.15) is 26.7 Å². The Balaban J connectivity index is 2.26. The molecule has 3 rings (SSSR count). The summed E-state index contributed by atoms with van der Waals surface area (Å²) in [5, 5.41) is 11.0. The molecule has 0 spiro atoms. The molecular weight excluding hydrogens is 190 g/mol. The van der Waals surface area contributed by atoms with Crippen LogP contribution in [0, 0.1) is 11.3 Å². The predicted molar refractivity (Wildman–Crippen MR) is 59.1 cm³/mol. The fourth-order valence-corrected chi connectivity index (χ4v) is 3.04. The number of carbonyl (C=O) groups is 1. The van der Waals surface area contributed by atoms with Crippen molar-refractivity contribution >= 4 is 11.6 Å². The molecule has 84 valence electrons. The largest absolute Gasteiger partial charge is 0.344 e. The molecule has 2 N–H and O–H groups in total. The Hall–Kier alpha value is -0.900. The molecule has 3 heterocycles. The average Bonchev–Trinajstić information content (AvgIpc) is 2.18. The Labute approximate surface area is 90.5 Å². The summed E-state index contributed by atoms with van der Waals surface area (Å²) in [5.74, 6) is 0.444. The Bertz CT molecular complexity index is 294. The molecule has 1 atom stereocenters. The van der Waals surface area contributed by atoms with Crippen LogP contribution in [0.3, 0.4) is 0 Å². The highest BCUT2D eigenvalue weighted by molar-refractivity contribution is 5.93. The standard InChI is InChI=1S/C11H19N3O/c1-8(12)11(13-9(2)15)7-14-5-3-10(11)4-6-14/h10,12H,3-7H2,1-2H3,(H,13,15). The van der Waals surface area contributed by atoms with Gasteiger partial charge in [0.1, 0.15) is 0 Å². The highest BCUT2D eigenvalue weighted by Gasteiger charge is 2.48. The number of rotatable bonds is 2. The van der Waals surface area contributed by atoms with Gasteiger partial charge in [-0.15, -0.1) is 0 Å². The molecule has 0 aromatic heterocycles. The average molecular weight is 209 g/mol. The van der Waals surface area contributed by atoms with E-state index in [4.69, 9.17) is 5.41 Å². The molecule has 0 aromatic rings. The minimum absolute atomic E-state index is 0.0182. The number of hydrogen-bond donors (Lipinski definition) is 2. The van der Waals surface area contributed by atoms with Crippen LogP contribution < -0.4 is 5.32 Å². The van der Waals surface area contributed by atoms with Crippen molar-refractivity contribution in [3.05, 3.63) is 0 Å². The molecular formula is C11H19N3O. The molecule has 3 fully saturated rings. The Morgan fingerprint density at radius 2 is 2.00 bits per heavy atom. The topological polar surface area (TPSA) is 56.2 Å². The van der Waals surface area contributed by atoms with Gasteiger partial charge in [-0.3, -0.25) is 4.79 Å². The van der Waals surface area contributed by atoms with Gasteiger partial charge < -0.3 is 15.6 Å². The molecule has 4 heteroatoms. The van der Waals surface area contributed by atoms with E-state index >= 15 is 0 Å². The zero-order valence-electron chi connectivity index (χ0n) is 9.47. The third-order valence-corrected chi connectivity index (χ3v) is 3.83. The third-order valence-electron chi connectivity index (χ3n) is 3.83. The highest BCUT2D eigenvalue weighted by atomic mass is 16.1. The van der Waals surface area contributed by atoms with E-state index in [2.05, 4.69) is 10.2 Å². The third kappa shape index (κ3) is 1.67. The van der Waals surface area contributed by atoms with Crippen molar-refractivity contribution in [3.63, 3.8) is 0 Å². The molecule has 0 saturated carbocycles. The van der Waals surface area contributed by atoms with E-state index in [1.807, 2.05) is 6.92 Å². The number of amides is 1. The quantitative estimate of drug-likeness (QED) is 0.655. The van der Waals surface area contributed by atoms with Crippen LogP contribution in [0.15, 0.2) is 0 Å². The molecule has 4 nitrogen and oxygen atoms in total. The smallest absolute Gasteiger partial charge is 0.217 e. The van der Waals surface area contributed by atoms with E-state index in [0.717, 1.165) is 32.5 Å². The van der Waals surface area contributed by atoms with E-state index in [-0.39, 0.29) is 11.4 Å². The first-order valence-corrected chi connectivity index (χ1v) is 5.61. The van der Waals surface area contributed by atoms with Gasteiger partial charge in [-0.2, -0.15) is 0 Å². The van der Waals surface area contributed by atoms with Gasteiger partial charge in [-0.25, -0.2) is 0 Å². The van der Waals surface area contributed by atoms with E-state index in [0.29, 0.717) is 11.6 Å². The van der Waals surface area contributed by atoms with Gasteiger partial charge in [0.25, 0.3) is 0 Å². The zero-order valence-corrected chi connectivity index (χ0v) is 9.47. The van der Waals surface area contributed by atoms with Crippen molar-refractivity contribution in [2.45, 2.75) is 32.2 Å². The van der Waals surface area contributed by atoms with Crippen molar-refractivity contribution in [1.29, 1.82) is 5.41 Å². The molecule has 1 unspecified atom stereocenters. The Morgan fingerprint density at radius 3 is 2.33 bits per heavy atom. The Morgan fingerprint density at radius 1 is 1.40 bits per heavy atom. The molecule has 3 aliphatic heterocycles. The lowest BCUT2D eigenvalue weighted by Crippen LogP contribution is -2.69. The van der Waals surface area contributed by atoms with Crippen LogP contribution in [0.5, 0.6) is 0 Å². The fourth-order valence-electron chi connectivity index (χ4n) is 3.04. The first kappa shape index (κ1) is 10.6. The molecule has 0 radical (unpaired) electrons. The van der Waals surface area contributed by atoms with Crippen molar-refractivity contribution < 1.29 is 4.79 Å². The summed E-state index contributed by atoms with van der Waals surface area (Å²) in [5.41, 5.74) is 0.231. The number of fused-ring (bicyclic) bond motifs is 3. The van der Waals surface area contributed by atoms with Gasteiger partial charge in [0.05, 0.1) is 5.54 Å². The second-order valence-electron chi connectivity index (χ2n) is 4.83. The summed E-state index contributed by atoms with van der Waals surface area (Å²) < 4.78 is 0. The summed E-state index contributed by atoms with van der Waals surface area (Å²) in [4.78, 5) is 13.6. The zero-order chi connectivity index (χ0) is 11.1. The minimum Gasteiger partial charge on any atom is -0.344 e. The van der Waals surface area contributed by atoms with Gasteiger partial charge in [-0.1, -0.05) is 0 Å². The summed E-state index contributed by atoms with van der Waals surface area (Å²) in [6.07, 6.45) is 2.22. The molecule has 1 amide bonds. The highest BCUT2D eigenvalue weighted by Crippen LogP contribution is 2.36. The molecule has 0 aliphatic carbocycles. The minimum atomic E-state index is -0.373. The van der Waals surface area contributed by atoms with Crippen molar-refractivity contribution in [2.75, 3.05) is 19.6 Å². The lowest BCUT2D eigenvalue weighted by molar-refractivity contribution is -0.122. The molecule has 0 aromatic carbocycles. The lowest BCUT2D eigenvalue weighted by atomic mass is 9.70. The van der Waals surface area contributed by atoms with Crippen LogP contribution in [-0.2, 0) is 4.79 Å². The second-order valence-corrected chi connectivity index (χ2v) is 4.83. The summed E-state index contributed by atoms with van der Waals surface area (Å²) in [6.45, 7) is 6.44. The van der Waals surface area contributed by atoms with Crippen LogP contribution in [-0.4, -0.2) is 41.7 Å². The van der Waals surface area contributed by atoms with Crippen molar-refractivity contribution in [2.24, 2.45) is 5.92 Å². The first-order chi connectivity index (χ1) is 7.04.